The molecule has 1 aromatic carbocycles. The van der Waals surface area contributed by atoms with Crippen LogP contribution in [0.3, 0.4) is 0 Å². The Balaban J connectivity index is 3.46. The minimum atomic E-state index is -1.25. The summed E-state index contributed by atoms with van der Waals surface area (Å²) in [5, 5.41) is 29.0. The van der Waals surface area contributed by atoms with Crippen molar-refractivity contribution >= 4 is 17.6 Å². The molecule has 0 radical (unpaired) electrons. The molecule has 0 heterocycles. The van der Waals surface area contributed by atoms with Crippen LogP contribution in [-0.4, -0.2) is 41.3 Å². The predicted octanol–water partition coefficient (Wildman–Crippen LogP) is 1.64. The van der Waals surface area contributed by atoms with Crippen LogP contribution < -0.4 is 9.47 Å². The van der Waals surface area contributed by atoms with E-state index in [0.717, 1.165) is 6.07 Å². The van der Waals surface area contributed by atoms with Crippen LogP contribution in [-0.2, 0) is 9.59 Å². The van der Waals surface area contributed by atoms with Crippen LogP contribution in [0.1, 0.15) is 24.3 Å². The average Bonchev–Trinajstić information content (AvgIpc) is 2.43. The van der Waals surface area contributed by atoms with Crippen molar-refractivity contribution in [2.45, 2.75) is 18.8 Å². The summed E-state index contributed by atoms with van der Waals surface area (Å²) in [5.74, 6) is -3.31. The van der Waals surface area contributed by atoms with Gasteiger partial charge in [-0.3, -0.25) is 19.7 Å². The molecule has 9 heteroatoms. The van der Waals surface area contributed by atoms with Gasteiger partial charge in [0.25, 0.3) is 5.69 Å². The Labute approximate surface area is 125 Å². The number of nitrogens with zero attached hydrogens (tertiary/aromatic N) is 1. The Morgan fingerprint density at radius 2 is 1.59 bits per heavy atom. The lowest BCUT2D eigenvalue weighted by Gasteiger charge is -2.16. The fraction of sp³-hybridized carbons (Fsp3) is 0.385. The first-order chi connectivity index (χ1) is 10.3. The summed E-state index contributed by atoms with van der Waals surface area (Å²) in [6.45, 7) is 0. The SMILES string of the molecule is COc1cc(C(CC(=O)O)CC(=O)O)c([N+](=O)[O-])cc1OC. The van der Waals surface area contributed by atoms with E-state index in [9.17, 15) is 19.7 Å². The third-order valence-corrected chi connectivity index (χ3v) is 3.01. The zero-order valence-corrected chi connectivity index (χ0v) is 11.9. The maximum absolute atomic E-state index is 11.2. The summed E-state index contributed by atoms with van der Waals surface area (Å²) in [6.07, 6.45) is -1.11. The molecule has 0 unspecified atom stereocenters. The van der Waals surface area contributed by atoms with E-state index in [1.165, 1.54) is 20.3 Å². The second-order valence-corrected chi connectivity index (χ2v) is 4.42. The van der Waals surface area contributed by atoms with Crippen molar-refractivity contribution in [2.24, 2.45) is 0 Å². The van der Waals surface area contributed by atoms with E-state index in [1.54, 1.807) is 0 Å². The molecule has 0 fully saturated rings. The van der Waals surface area contributed by atoms with E-state index in [2.05, 4.69) is 0 Å². The zero-order valence-electron chi connectivity index (χ0n) is 11.9. The van der Waals surface area contributed by atoms with Crippen molar-refractivity contribution in [3.05, 3.63) is 27.8 Å². The van der Waals surface area contributed by atoms with Crippen molar-refractivity contribution in [3.8, 4) is 11.5 Å². The van der Waals surface area contributed by atoms with Gasteiger partial charge < -0.3 is 19.7 Å². The second-order valence-electron chi connectivity index (χ2n) is 4.42. The fourth-order valence-corrected chi connectivity index (χ4v) is 2.08. The first-order valence-corrected chi connectivity index (χ1v) is 6.14. The molecule has 1 aromatic rings. The maximum Gasteiger partial charge on any atom is 0.303 e. The fourth-order valence-electron chi connectivity index (χ4n) is 2.08. The van der Waals surface area contributed by atoms with Gasteiger partial charge in [-0.05, 0) is 6.07 Å². The van der Waals surface area contributed by atoms with Crippen LogP contribution >= 0.6 is 0 Å². The van der Waals surface area contributed by atoms with Gasteiger partial charge in [-0.25, -0.2) is 0 Å². The van der Waals surface area contributed by atoms with Crippen LogP contribution in [0.15, 0.2) is 12.1 Å². The number of rotatable bonds is 8. The summed E-state index contributed by atoms with van der Waals surface area (Å²) < 4.78 is 9.99. The molecule has 0 aliphatic carbocycles. The predicted molar refractivity (Wildman–Crippen MR) is 73.4 cm³/mol. The number of ether oxygens (including phenoxy) is 2. The third-order valence-electron chi connectivity index (χ3n) is 3.01. The van der Waals surface area contributed by atoms with E-state index >= 15 is 0 Å². The van der Waals surface area contributed by atoms with Crippen LogP contribution in [0.5, 0.6) is 11.5 Å². The molecule has 0 atom stereocenters. The van der Waals surface area contributed by atoms with Crippen molar-refractivity contribution < 1.29 is 34.2 Å². The van der Waals surface area contributed by atoms with Gasteiger partial charge in [-0.2, -0.15) is 0 Å². The topological polar surface area (TPSA) is 136 Å². The van der Waals surface area contributed by atoms with Crippen molar-refractivity contribution in [1.29, 1.82) is 0 Å². The number of nitro benzene ring substituents is 1. The summed E-state index contributed by atoms with van der Waals surface area (Å²) in [7, 11) is 2.62. The molecule has 0 aromatic heterocycles. The lowest BCUT2D eigenvalue weighted by Crippen LogP contribution is -2.13. The molecule has 0 amide bonds. The Bertz CT molecular complexity index is 582. The van der Waals surface area contributed by atoms with Crippen molar-refractivity contribution in [3.63, 3.8) is 0 Å². The highest BCUT2D eigenvalue weighted by Crippen LogP contribution is 2.40. The lowest BCUT2D eigenvalue weighted by molar-refractivity contribution is -0.385. The summed E-state index contributed by atoms with van der Waals surface area (Å²) in [4.78, 5) is 32.3. The quantitative estimate of drug-likeness (QED) is 0.546. The third kappa shape index (κ3) is 4.08. The molecule has 120 valence electrons. The first kappa shape index (κ1) is 17.2. The van der Waals surface area contributed by atoms with E-state index < -0.39 is 41.3 Å². The maximum atomic E-state index is 11.2. The largest absolute Gasteiger partial charge is 0.493 e. The standard InChI is InChI=1S/C13H15NO8/c1-21-10-5-8(7(3-12(15)16)4-13(17)18)9(14(19)20)6-11(10)22-2/h5-7H,3-4H2,1-2H3,(H,15,16)(H,17,18). The van der Waals surface area contributed by atoms with Gasteiger partial charge in [-0.15, -0.1) is 0 Å². The number of carboxylic acid groups (broad SMARTS) is 2. The number of methoxy groups -OCH3 is 2. The van der Waals surface area contributed by atoms with Gasteiger partial charge in [0.05, 0.1) is 38.1 Å². The number of hydrogen-bond donors (Lipinski definition) is 2. The molecule has 22 heavy (non-hydrogen) atoms. The molecule has 0 aliphatic rings. The van der Waals surface area contributed by atoms with Crippen LogP contribution in [0.25, 0.3) is 0 Å². The lowest BCUT2D eigenvalue weighted by atomic mass is 9.90. The van der Waals surface area contributed by atoms with Gasteiger partial charge in [0.15, 0.2) is 11.5 Å². The Morgan fingerprint density at radius 3 is 1.95 bits per heavy atom. The van der Waals surface area contributed by atoms with Gasteiger partial charge in [0.2, 0.25) is 0 Å². The molecule has 0 aliphatic heterocycles. The highest BCUT2D eigenvalue weighted by molar-refractivity contribution is 5.73. The summed E-state index contributed by atoms with van der Waals surface area (Å²) >= 11 is 0. The zero-order chi connectivity index (χ0) is 16.9. The second kappa shape index (κ2) is 7.25. The van der Waals surface area contributed by atoms with E-state index in [0.29, 0.717) is 0 Å². The Morgan fingerprint density at radius 1 is 1.14 bits per heavy atom. The number of benzene rings is 1. The van der Waals surface area contributed by atoms with Crippen molar-refractivity contribution in [1.82, 2.24) is 0 Å². The normalized spacial score (nSPS) is 10.3. The van der Waals surface area contributed by atoms with Crippen LogP contribution in [0.4, 0.5) is 5.69 Å². The molecular weight excluding hydrogens is 298 g/mol. The van der Waals surface area contributed by atoms with Crippen LogP contribution in [0.2, 0.25) is 0 Å². The monoisotopic (exact) mass is 313 g/mol. The van der Waals surface area contributed by atoms with Gasteiger partial charge in [0.1, 0.15) is 0 Å². The molecule has 9 nitrogen and oxygen atoms in total. The van der Waals surface area contributed by atoms with Gasteiger partial charge in [-0.1, -0.05) is 0 Å². The first-order valence-electron chi connectivity index (χ1n) is 6.14. The summed E-state index contributed by atoms with van der Waals surface area (Å²) in [6, 6.07) is 2.33. The number of carboxylic acids is 2. The molecule has 0 bridgehead atoms. The van der Waals surface area contributed by atoms with Crippen molar-refractivity contribution in [2.75, 3.05) is 14.2 Å². The van der Waals surface area contributed by atoms with E-state index in [1.807, 2.05) is 0 Å². The van der Waals surface area contributed by atoms with Crippen LogP contribution in [0, 0.1) is 10.1 Å². The highest BCUT2D eigenvalue weighted by atomic mass is 16.6. The molecule has 0 saturated carbocycles. The number of carbonyl (C=O) groups is 2. The smallest absolute Gasteiger partial charge is 0.303 e. The Kier molecular flexibility index (Phi) is 5.67. The number of nitro groups is 1. The average molecular weight is 313 g/mol. The molecule has 2 N–H and O–H groups in total. The molecular formula is C13H15NO8. The molecule has 1 rings (SSSR count). The van der Waals surface area contributed by atoms with Gasteiger partial charge in [0, 0.05) is 11.5 Å². The number of hydrogen-bond acceptors (Lipinski definition) is 6. The minimum Gasteiger partial charge on any atom is -0.493 e. The Hall–Kier alpha value is -2.84. The molecule has 0 saturated heterocycles. The number of aliphatic carboxylic acids is 2. The summed E-state index contributed by atoms with van der Waals surface area (Å²) in [5.41, 5.74) is -0.433. The van der Waals surface area contributed by atoms with E-state index in [-0.39, 0.29) is 17.1 Å². The molecule has 0 spiro atoms. The van der Waals surface area contributed by atoms with E-state index in [4.69, 9.17) is 19.7 Å². The minimum absolute atomic E-state index is 0.0209. The van der Waals surface area contributed by atoms with Gasteiger partial charge >= 0.3 is 11.9 Å². The highest BCUT2D eigenvalue weighted by Gasteiger charge is 2.29.